The molecule has 1 aromatic heterocycles. The van der Waals surface area contributed by atoms with Crippen molar-refractivity contribution in [1.29, 1.82) is 0 Å². The fraction of sp³-hybridized carbons (Fsp3) is 0.600. The van der Waals surface area contributed by atoms with Gasteiger partial charge in [-0.1, -0.05) is 19.3 Å². The van der Waals surface area contributed by atoms with Gasteiger partial charge in [-0.15, -0.1) is 0 Å². The zero-order valence-electron chi connectivity index (χ0n) is 11.3. The number of hydrogen-bond acceptors (Lipinski definition) is 4. The Morgan fingerprint density at radius 2 is 2.11 bits per heavy atom. The molecule has 1 unspecified atom stereocenters. The summed E-state index contributed by atoms with van der Waals surface area (Å²) in [4.78, 5) is 24.7. The van der Waals surface area contributed by atoms with Crippen molar-refractivity contribution in [2.75, 3.05) is 6.61 Å². The summed E-state index contributed by atoms with van der Waals surface area (Å²) in [5, 5.41) is 3.78. The quantitative estimate of drug-likeness (QED) is 0.612. The van der Waals surface area contributed by atoms with Gasteiger partial charge in [-0.2, -0.15) is 11.3 Å². The molecule has 1 fully saturated rings. The van der Waals surface area contributed by atoms with Crippen LogP contribution < -0.4 is 0 Å². The maximum absolute atomic E-state index is 12.6. The molecule has 104 valence electrons. The third-order valence-corrected chi connectivity index (χ3v) is 4.39. The highest BCUT2D eigenvalue weighted by Crippen LogP contribution is 2.31. The first-order valence-electron chi connectivity index (χ1n) is 6.96. The van der Waals surface area contributed by atoms with Crippen LogP contribution in [0.5, 0.6) is 0 Å². The first kappa shape index (κ1) is 14.3. The Balaban J connectivity index is 2.16. The minimum Gasteiger partial charge on any atom is -0.465 e. The number of Topliss-reactive ketones (excluding diaryl/α,β-unsaturated/α-hetero) is 1. The molecular formula is C15H20O3S. The molecule has 4 heteroatoms. The first-order chi connectivity index (χ1) is 9.24. The van der Waals surface area contributed by atoms with Crippen molar-refractivity contribution >= 4 is 23.1 Å². The van der Waals surface area contributed by atoms with Crippen LogP contribution in [0.3, 0.4) is 0 Å². The lowest BCUT2D eigenvalue weighted by atomic mass is 9.80. The molecule has 0 bridgehead atoms. The molecule has 1 aliphatic rings. The van der Waals surface area contributed by atoms with Crippen LogP contribution in [-0.4, -0.2) is 18.4 Å². The molecule has 0 spiro atoms. The van der Waals surface area contributed by atoms with Crippen molar-refractivity contribution in [1.82, 2.24) is 0 Å². The number of hydrogen-bond donors (Lipinski definition) is 0. The summed E-state index contributed by atoms with van der Waals surface area (Å²) in [7, 11) is 0. The van der Waals surface area contributed by atoms with Crippen LogP contribution in [0.25, 0.3) is 0 Å². The maximum Gasteiger partial charge on any atom is 0.321 e. The molecule has 1 saturated carbocycles. The Bertz CT molecular complexity index is 419. The SMILES string of the molecule is CCOC(=O)C(C(=O)C1CCCCC1)c1ccsc1. The monoisotopic (exact) mass is 280 g/mol. The molecule has 19 heavy (non-hydrogen) atoms. The van der Waals surface area contributed by atoms with E-state index in [0.717, 1.165) is 31.2 Å². The van der Waals surface area contributed by atoms with Crippen LogP contribution in [0.4, 0.5) is 0 Å². The Morgan fingerprint density at radius 3 is 2.68 bits per heavy atom. The topological polar surface area (TPSA) is 43.4 Å². The van der Waals surface area contributed by atoms with E-state index in [9.17, 15) is 9.59 Å². The minimum atomic E-state index is -0.714. The van der Waals surface area contributed by atoms with Crippen molar-refractivity contribution in [3.05, 3.63) is 22.4 Å². The second kappa shape index (κ2) is 6.85. The smallest absolute Gasteiger partial charge is 0.321 e. The van der Waals surface area contributed by atoms with E-state index in [4.69, 9.17) is 4.74 Å². The number of esters is 1. The average Bonchev–Trinajstić information content (AvgIpc) is 2.94. The summed E-state index contributed by atoms with van der Waals surface area (Å²) in [6.45, 7) is 2.09. The number of ketones is 1. The number of rotatable bonds is 5. The largest absolute Gasteiger partial charge is 0.465 e. The van der Waals surface area contributed by atoms with Crippen LogP contribution in [0.1, 0.15) is 50.5 Å². The number of carbonyl (C=O) groups is 2. The van der Waals surface area contributed by atoms with Crippen molar-refractivity contribution in [2.45, 2.75) is 44.9 Å². The van der Waals surface area contributed by atoms with Gasteiger partial charge in [0.1, 0.15) is 5.92 Å². The summed E-state index contributed by atoms with van der Waals surface area (Å²) in [5.41, 5.74) is 0.791. The molecule has 0 radical (unpaired) electrons. The lowest BCUT2D eigenvalue weighted by molar-refractivity contribution is -0.149. The van der Waals surface area contributed by atoms with Crippen LogP contribution in [-0.2, 0) is 14.3 Å². The zero-order chi connectivity index (χ0) is 13.7. The second-order valence-corrected chi connectivity index (χ2v) is 5.76. The lowest BCUT2D eigenvalue weighted by Gasteiger charge is -2.24. The molecule has 0 amide bonds. The number of carbonyl (C=O) groups excluding carboxylic acids is 2. The summed E-state index contributed by atoms with van der Waals surface area (Å²) < 4.78 is 5.08. The van der Waals surface area contributed by atoms with Crippen LogP contribution >= 0.6 is 11.3 Å². The fourth-order valence-electron chi connectivity index (χ4n) is 2.70. The molecule has 0 N–H and O–H groups in total. The Kier molecular flexibility index (Phi) is 5.14. The van der Waals surface area contributed by atoms with E-state index in [1.165, 1.54) is 17.8 Å². The van der Waals surface area contributed by atoms with Gasteiger partial charge in [0.05, 0.1) is 6.61 Å². The van der Waals surface area contributed by atoms with Crippen LogP contribution in [0, 0.1) is 5.92 Å². The Morgan fingerprint density at radius 1 is 1.37 bits per heavy atom. The predicted octanol–water partition coefficient (Wildman–Crippen LogP) is 3.54. The van der Waals surface area contributed by atoms with Crippen molar-refractivity contribution in [3.63, 3.8) is 0 Å². The summed E-state index contributed by atoms with van der Waals surface area (Å²) in [6, 6.07) is 1.85. The molecule has 1 aliphatic carbocycles. The van der Waals surface area contributed by atoms with Crippen molar-refractivity contribution in [3.8, 4) is 0 Å². The van der Waals surface area contributed by atoms with Gasteiger partial charge in [-0.05, 0) is 42.2 Å². The molecular weight excluding hydrogens is 260 g/mol. The van der Waals surface area contributed by atoms with Gasteiger partial charge >= 0.3 is 5.97 Å². The van der Waals surface area contributed by atoms with E-state index in [1.807, 2.05) is 16.8 Å². The third kappa shape index (κ3) is 3.44. The van der Waals surface area contributed by atoms with E-state index >= 15 is 0 Å². The zero-order valence-corrected chi connectivity index (χ0v) is 12.1. The van der Waals surface area contributed by atoms with Gasteiger partial charge in [-0.3, -0.25) is 9.59 Å². The molecule has 1 atom stereocenters. The molecule has 0 aliphatic heterocycles. The van der Waals surface area contributed by atoms with E-state index < -0.39 is 11.9 Å². The highest BCUT2D eigenvalue weighted by molar-refractivity contribution is 7.08. The van der Waals surface area contributed by atoms with Gasteiger partial charge in [0, 0.05) is 5.92 Å². The molecule has 3 nitrogen and oxygen atoms in total. The maximum atomic E-state index is 12.6. The minimum absolute atomic E-state index is 0.0306. The molecule has 1 heterocycles. The van der Waals surface area contributed by atoms with Gasteiger partial charge in [0.15, 0.2) is 5.78 Å². The van der Waals surface area contributed by atoms with E-state index in [2.05, 4.69) is 0 Å². The highest BCUT2D eigenvalue weighted by atomic mass is 32.1. The summed E-state index contributed by atoms with van der Waals surface area (Å²) in [6.07, 6.45) is 5.22. The van der Waals surface area contributed by atoms with E-state index in [0.29, 0.717) is 6.61 Å². The Labute approximate surface area is 118 Å². The average molecular weight is 280 g/mol. The van der Waals surface area contributed by atoms with Crippen LogP contribution in [0.15, 0.2) is 16.8 Å². The van der Waals surface area contributed by atoms with E-state index in [1.54, 1.807) is 6.92 Å². The van der Waals surface area contributed by atoms with E-state index in [-0.39, 0.29) is 11.7 Å². The van der Waals surface area contributed by atoms with Crippen LogP contribution in [0.2, 0.25) is 0 Å². The molecule has 2 rings (SSSR count). The van der Waals surface area contributed by atoms with Crippen molar-refractivity contribution in [2.24, 2.45) is 5.92 Å². The Hall–Kier alpha value is -1.16. The molecule has 1 aromatic rings. The van der Waals surface area contributed by atoms with Gasteiger partial charge in [0.2, 0.25) is 0 Å². The first-order valence-corrected chi connectivity index (χ1v) is 7.90. The second-order valence-electron chi connectivity index (χ2n) is 4.98. The predicted molar refractivity (Wildman–Crippen MR) is 75.3 cm³/mol. The number of thiophene rings is 1. The summed E-state index contributed by atoms with van der Waals surface area (Å²) in [5.74, 6) is -1.02. The third-order valence-electron chi connectivity index (χ3n) is 3.69. The summed E-state index contributed by atoms with van der Waals surface area (Å²) >= 11 is 1.51. The van der Waals surface area contributed by atoms with Gasteiger partial charge < -0.3 is 4.74 Å². The normalized spacial score (nSPS) is 17.9. The standard InChI is InChI=1S/C15H20O3S/c1-2-18-15(17)13(12-8-9-19-10-12)14(16)11-6-4-3-5-7-11/h8-11,13H,2-7H2,1H3. The van der Waals surface area contributed by atoms with Gasteiger partial charge in [0.25, 0.3) is 0 Å². The fourth-order valence-corrected chi connectivity index (χ4v) is 3.39. The highest BCUT2D eigenvalue weighted by Gasteiger charge is 2.35. The number of ether oxygens (including phenoxy) is 1. The van der Waals surface area contributed by atoms with Crippen molar-refractivity contribution < 1.29 is 14.3 Å². The molecule has 0 saturated heterocycles. The van der Waals surface area contributed by atoms with Gasteiger partial charge in [-0.25, -0.2) is 0 Å². The molecule has 0 aromatic carbocycles. The lowest BCUT2D eigenvalue weighted by Crippen LogP contribution is -2.30.